The van der Waals surface area contributed by atoms with E-state index in [-0.39, 0.29) is 37.4 Å². The molecule has 1 unspecified atom stereocenters. The Labute approximate surface area is 185 Å². The fourth-order valence-electron chi connectivity index (χ4n) is 3.04. The van der Waals surface area contributed by atoms with Crippen molar-refractivity contribution in [3.05, 3.63) is 41.3 Å². The molecule has 0 radical (unpaired) electrons. The minimum absolute atomic E-state index is 0.0423. The Hall–Kier alpha value is -3.29. The summed E-state index contributed by atoms with van der Waals surface area (Å²) in [5.41, 5.74) is -3.25. The molecule has 2 aromatic rings. The van der Waals surface area contributed by atoms with Gasteiger partial charge in [-0.05, 0) is 38.9 Å². The molecule has 2 aromatic heterocycles. The molecule has 0 bridgehead atoms. The second-order valence-electron chi connectivity index (χ2n) is 7.17. The van der Waals surface area contributed by atoms with Gasteiger partial charge < -0.3 is 24.6 Å². The van der Waals surface area contributed by atoms with Crippen LogP contribution < -0.4 is 10.6 Å². The van der Waals surface area contributed by atoms with Gasteiger partial charge in [0.15, 0.2) is 17.3 Å². The third-order valence-electron chi connectivity index (χ3n) is 4.74. The molecule has 0 spiro atoms. The van der Waals surface area contributed by atoms with Crippen LogP contribution in [0.25, 0.3) is 0 Å². The van der Waals surface area contributed by atoms with E-state index in [1.807, 2.05) is 0 Å². The molecule has 3 heterocycles. The molecular formula is C19H21F4N5O5. The number of carbonyl (C=O) groups excluding carboxylic acids is 2. The van der Waals surface area contributed by atoms with Crippen LogP contribution in [-0.4, -0.2) is 59.1 Å². The van der Waals surface area contributed by atoms with Crippen molar-refractivity contribution in [1.82, 2.24) is 25.8 Å². The van der Waals surface area contributed by atoms with Crippen LogP contribution in [0.5, 0.6) is 0 Å². The van der Waals surface area contributed by atoms with Gasteiger partial charge in [0.25, 0.3) is 0 Å². The van der Waals surface area contributed by atoms with Gasteiger partial charge in [-0.25, -0.2) is 23.9 Å². The van der Waals surface area contributed by atoms with Crippen molar-refractivity contribution in [3.63, 3.8) is 0 Å². The number of nitrogens with one attached hydrogen (secondary N) is 2. The lowest BCUT2D eigenvalue weighted by atomic mass is 9.94. The molecule has 3 rings (SSSR count). The van der Waals surface area contributed by atoms with Crippen LogP contribution >= 0.6 is 0 Å². The maximum Gasteiger partial charge on any atom is 0.433 e. The van der Waals surface area contributed by atoms with Gasteiger partial charge in [-0.2, -0.15) is 13.2 Å². The van der Waals surface area contributed by atoms with Gasteiger partial charge in [0.1, 0.15) is 11.4 Å². The van der Waals surface area contributed by atoms with Crippen LogP contribution in [0, 0.1) is 0 Å². The zero-order valence-electron chi connectivity index (χ0n) is 17.4. The van der Waals surface area contributed by atoms with Gasteiger partial charge in [-0.3, -0.25) is 0 Å². The van der Waals surface area contributed by atoms with E-state index < -0.39 is 41.5 Å². The van der Waals surface area contributed by atoms with E-state index in [1.54, 1.807) is 6.92 Å². The molecule has 180 valence electrons. The van der Waals surface area contributed by atoms with Gasteiger partial charge >= 0.3 is 18.2 Å². The highest BCUT2D eigenvalue weighted by atomic mass is 19.4. The quantitative estimate of drug-likeness (QED) is 0.459. The highest BCUT2D eigenvalue weighted by molar-refractivity contribution is 5.87. The first-order valence-electron chi connectivity index (χ1n) is 9.99. The Morgan fingerprint density at radius 3 is 2.73 bits per heavy atom. The van der Waals surface area contributed by atoms with Gasteiger partial charge in [-0.1, -0.05) is 5.16 Å². The molecule has 0 saturated carbocycles. The highest BCUT2D eigenvalue weighted by Crippen LogP contribution is 2.30. The fourth-order valence-corrected chi connectivity index (χ4v) is 3.04. The topological polar surface area (TPSA) is 128 Å². The van der Waals surface area contributed by atoms with E-state index in [9.17, 15) is 27.2 Å². The van der Waals surface area contributed by atoms with Crippen molar-refractivity contribution in [2.75, 3.05) is 26.2 Å². The average Bonchev–Trinajstić information content (AvgIpc) is 3.26. The van der Waals surface area contributed by atoms with Crippen molar-refractivity contribution >= 4 is 12.1 Å². The minimum atomic E-state index is -4.79. The number of esters is 1. The number of piperidine rings is 1. The SMILES string of the molecule is CCOC(=O)c1cc(C(OC(=O)NCC2(F)CCNCC2)c2nccc(C(F)(F)F)n2)on1. The number of alkyl halides is 4. The Morgan fingerprint density at radius 2 is 2.06 bits per heavy atom. The molecule has 2 N–H and O–H groups in total. The summed E-state index contributed by atoms with van der Waals surface area (Å²) in [6.45, 7) is 2.10. The molecule has 1 amide bonds. The van der Waals surface area contributed by atoms with Gasteiger partial charge in [0.05, 0.1) is 13.2 Å². The fraction of sp³-hybridized carbons (Fsp3) is 0.526. The summed E-state index contributed by atoms with van der Waals surface area (Å²) in [4.78, 5) is 31.3. The van der Waals surface area contributed by atoms with Crippen LogP contribution in [0.2, 0.25) is 0 Å². The molecule has 1 aliphatic rings. The largest absolute Gasteiger partial charge is 0.461 e. The third-order valence-corrected chi connectivity index (χ3v) is 4.74. The lowest BCUT2D eigenvalue weighted by Crippen LogP contribution is -2.47. The third kappa shape index (κ3) is 6.37. The molecule has 1 atom stereocenters. The summed E-state index contributed by atoms with van der Waals surface area (Å²) in [5.74, 6) is -1.77. The first kappa shape index (κ1) is 24.4. The standard InChI is InChI=1S/C19H21F4N5O5/c1-2-31-16(29)11-9-12(33-28-11)14(15-25-6-3-13(27-15)19(21,22)23)32-17(30)26-10-18(20)4-7-24-8-5-18/h3,6,9,14,24H,2,4-5,7-8,10H2,1H3,(H,26,30). The zero-order chi connectivity index (χ0) is 24.1. The summed E-state index contributed by atoms with van der Waals surface area (Å²) in [6, 6.07) is 1.66. The number of nitrogens with zero attached hydrogens (tertiary/aromatic N) is 3. The van der Waals surface area contributed by atoms with Gasteiger partial charge in [-0.15, -0.1) is 0 Å². The van der Waals surface area contributed by atoms with Crippen LogP contribution in [-0.2, 0) is 15.7 Å². The van der Waals surface area contributed by atoms with Crippen molar-refractivity contribution in [2.45, 2.75) is 37.7 Å². The van der Waals surface area contributed by atoms with Crippen molar-refractivity contribution in [2.24, 2.45) is 0 Å². The summed E-state index contributed by atoms with van der Waals surface area (Å²) in [5, 5.41) is 8.74. The van der Waals surface area contributed by atoms with Crippen LogP contribution in [0.1, 0.15) is 53.6 Å². The maximum atomic E-state index is 14.7. The second-order valence-corrected chi connectivity index (χ2v) is 7.17. The summed E-state index contributed by atoms with van der Waals surface area (Å²) < 4.78 is 69.0. The number of rotatable bonds is 7. The molecule has 1 fully saturated rings. The Balaban J connectivity index is 1.83. The number of halogens is 4. The molecule has 33 heavy (non-hydrogen) atoms. The predicted octanol–water partition coefficient (Wildman–Crippen LogP) is 2.57. The summed E-state index contributed by atoms with van der Waals surface area (Å²) in [6.07, 6.45) is -6.49. The molecule has 1 saturated heterocycles. The van der Waals surface area contributed by atoms with Gasteiger partial charge in [0, 0.05) is 12.3 Å². The molecular weight excluding hydrogens is 454 g/mol. The monoisotopic (exact) mass is 475 g/mol. The normalized spacial score (nSPS) is 16.6. The first-order chi connectivity index (χ1) is 15.6. The van der Waals surface area contributed by atoms with Crippen molar-refractivity contribution in [1.29, 1.82) is 0 Å². The van der Waals surface area contributed by atoms with E-state index in [0.717, 1.165) is 12.3 Å². The van der Waals surface area contributed by atoms with E-state index in [2.05, 4.69) is 25.8 Å². The highest BCUT2D eigenvalue weighted by Gasteiger charge is 2.36. The Kier molecular flexibility index (Phi) is 7.46. The minimum Gasteiger partial charge on any atom is -0.461 e. The molecule has 0 aliphatic carbocycles. The number of hydrogen-bond acceptors (Lipinski definition) is 9. The van der Waals surface area contributed by atoms with Gasteiger partial charge in [0.2, 0.25) is 6.10 Å². The van der Waals surface area contributed by atoms with E-state index in [0.29, 0.717) is 19.2 Å². The number of hydrogen-bond donors (Lipinski definition) is 2. The Morgan fingerprint density at radius 1 is 1.33 bits per heavy atom. The van der Waals surface area contributed by atoms with E-state index >= 15 is 0 Å². The summed E-state index contributed by atoms with van der Waals surface area (Å²) >= 11 is 0. The van der Waals surface area contributed by atoms with Crippen LogP contribution in [0.15, 0.2) is 22.9 Å². The van der Waals surface area contributed by atoms with Crippen molar-refractivity contribution < 1.29 is 41.1 Å². The number of amides is 1. The zero-order valence-corrected chi connectivity index (χ0v) is 17.4. The van der Waals surface area contributed by atoms with E-state index in [1.165, 1.54) is 0 Å². The van der Waals surface area contributed by atoms with Crippen LogP contribution in [0.3, 0.4) is 0 Å². The molecule has 10 nitrogen and oxygen atoms in total. The number of alkyl carbamates (subject to hydrolysis) is 1. The number of carbonyl (C=O) groups is 2. The lowest BCUT2D eigenvalue weighted by Gasteiger charge is -2.30. The Bertz CT molecular complexity index is 977. The summed E-state index contributed by atoms with van der Waals surface area (Å²) in [7, 11) is 0. The maximum absolute atomic E-state index is 14.7. The smallest absolute Gasteiger partial charge is 0.433 e. The van der Waals surface area contributed by atoms with Crippen molar-refractivity contribution in [3.8, 4) is 0 Å². The molecule has 14 heteroatoms. The second kappa shape index (κ2) is 10.1. The average molecular weight is 475 g/mol. The lowest BCUT2D eigenvalue weighted by molar-refractivity contribution is -0.141. The first-order valence-corrected chi connectivity index (χ1v) is 9.99. The predicted molar refractivity (Wildman–Crippen MR) is 102 cm³/mol. The van der Waals surface area contributed by atoms with Crippen LogP contribution in [0.4, 0.5) is 22.4 Å². The molecule has 0 aromatic carbocycles. The number of ether oxygens (including phenoxy) is 2. The van der Waals surface area contributed by atoms with E-state index in [4.69, 9.17) is 14.0 Å². The molecule has 1 aliphatic heterocycles. The number of aromatic nitrogens is 3.